The van der Waals surface area contributed by atoms with Crippen LogP contribution in [-0.2, 0) is 0 Å². The predicted octanol–water partition coefficient (Wildman–Crippen LogP) is 5.14. The Hall–Kier alpha value is -3.28. The number of benzene rings is 2. The first-order valence-electron chi connectivity index (χ1n) is 10.9. The van der Waals surface area contributed by atoms with Crippen molar-refractivity contribution in [3.05, 3.63) is 51.4 Å². The minimum Gasteiger partial charge on any atom is -0.454 e. The molecule has 0 saturated carbocycles. The van der Waals surface area contributed by atoms with Crippen molar-refractivity contribution < 1.29 is 19.2 Å². The zero-order valence-corrected chi connectivity index (χ0v) is 20.3. The Labute approximate surface area is 203 Å². The third-order valence-corrected chi connectivity index (χ3v) is 7.95. The van der Waals surface area contributed by atoms with E-state index < -0.39 is 4.92 Å². The number of aromatic nitrogens is 1. The fourth-order valence-electron chi connectivity index (χ4n) is 3.87. The molecule has 0 fully saturated rings. The number of thiazole rings is 1. The number of amides is 1. The number of carbonyl (C=O) groups excluding carboxylic acids is 1. The molecule has 2 aromatic heterocycles. The number of nitro groups is 1. The van der Waals surface area contributed by atoms with Crippen molar-refractivity contribution >= 4 is 59.7 Å². The lowest BCUT2D eigenvalue weighted by molar-refractivity contribution is -0.384. The van der Waals surface area contributed by atoms with Gasteiger partial charge >= 0.3 is 0 Å². The molecule has 5 rings (SSSR count). The minimum absolute atomic E-state index is 0.00588. The first kappa shape index (κ1) is 22.5. The number of likely N-dealkylation sites (N-methyl/N-ethyl adjacent to an activating group) is 1. The minimum atomic E-state index is -0.430. The van der Waals surface area contributed by atoms with E-state index in [9.17, 15) is 14.9 Å². The number of hydrogen-bond acceptors (Lipinski definition) is 9. The number of ether oxygens (including phenoxy) is 2. The zero-order chi connectivity index (χ0) is 23.8. The van der Waals surface area contributed by atoms with Crippen LogP contribution in [0.4, 0.5) is 10.8 Å². The number of thiophene rings is 1. The average Bonchev–Trinajstić information content (AvgIpc) is 3.56. The number of nitro benzene ring substituents is 1. The Balaban J connectivity index is 1.51. The van der Waals surface area contributed by atoms with Gasteiger partial charge in [-0.3, -0.25) is 19.8 Å². The molecule has 0 aliphatic carbocycles. The molecule has 176 valence electrons. The summed E-state index contributed by atoms with van der Waals surface area (Å²) in [5.74, 6) is 1.15. The van der Waals surface area contributed by atoms with Crippen LogP contribution in [0.1, 0.15) is 23.5 Å². The molecule has 2 aromatic carbocycles. The lowest BCUT2D eigenvalue weighted by Crippen LogP contribution is -2.38. The van der Waals surface area contributed by atoms with Crippen molar-refractivity contribution in [3.8, 4) is 11.5 Å². The van der Waals surface area contributed by atoms with Gasteiger partial charge in [-0.05, 0) is 25.2 Å². The summed E-state index contributed by atoms with van der Waals surface area (Å²) in [5.41, 5.74) is 0.753. The standard InChI is InChI=1S/C23H22N4O5S2/c1-3-25(4-2)7-8-26(23-24-16-11-17-18(32-13-31-17)12-20(16)34-23)22(28)21-10-14-9-15(27(29)30)5-6-19(14)33-21/h5-6,9-12H,3-4,7-8,13H2,1-2H3. The van der Waals surface area contributed by atoms with E-state index >= 15 is 0 Å². The Morgan fingerprint density at radius 1 is 1.06 bits per heavy atom. The van der Waals surface area contributed by atoms with E-state index in [0.29, 0.717) is 40.0 Å². The van der Waals surface area contributed by atoms with Crippen LogP contribution in [-0.4, -0.2) is 53.7 Å². The highest BCUT2D eigenvalue weighted by atomic mass is 32.1. The number of fused-ring (bicyclic) bond motifs is 3. The first-order chi connectivity index (χ1) is 16.5. The van der Waals surface area contributed by atoms with E-state index in [4.69, 9.17) is 14.5 Å². The third-order valence-electron chi connectivity index (χ3n) is 5.80. The molecule has 1 aliphatic heterocycles. The molecule has 0 radical (unpaired) electrons. The Morgan fingerprint density at radius 2 is 1.82 bits per heavy atom. The molecule has 0 bridgehead atoms. The number of non-ortho nitro benzene ring substituents is 1. The van der Waals surface area contributed by atoms with Crippen molar-refractivity contribution in [1.29, 1.82) is 0 Å². The quantitative estimate of drug-likeness (QED) is 0.245. The molecule has 1 aliphatic rings. The van der Waals surface area contributed by atoms with Crippen LogP contribution in [0.25, 0.3) is 20.3 Å². The van der Waals surface area contributed by atoms with E-state index in [1.54, 1.807) is 17.0 Å². The normalized spacial score (nSPS) is 12.7. The van der Waals surface area contributed by atoms with Crippen LogP contribution in [0.3, 0.4) is 0 Å². The highest BCUT2D eigenvalue weighted by Crippen LogP contribution is 2.40. The van der Waals surface area contributed by atoms with Gasteiger partial charge in [0.25, 0.3) is 11.6 Å². The van der Waals surface area contributed by atoms with Crippen molar-refractivity contribution in [2.24, 2.45) is 0 Å². The molecule has 34 heavy (non-hydrogen) atoms. The lowest BCUT2D eigenvalue weighted by Gasteiger charge is -2.24. The fourth-order valence-corrected chi connectivity index (χ4v) is 5.86. The summed E-state index contributed by atoms with van der Waals surface area (Å²) in [4.78, 5) is 33.6. The highest BCUT2D eigenvalue weighted by molar-refractivity contribution is 7.23. The number of anilines is 1. The monoisotopic (exact) mass is 498 g/mol. The van der Waals surface area contributed by atoms with E-state index in [1.807, 2.05) is 12.1 Å². The summed E-state index contributed by atoms with van der Waals surface area (Å²) >= 11 is 2.76. The second kappa shape index (κ2) is 9.16. The summed E-state index contributed by atoms with van der Waals surface area (Å²) in [6, 6.07) is 10.1. The maximum absolute atomic E-state index is 13.7. The number of carbonyl (C=O) groups is 1. The van der Waals surface area contributed by atoms with Gasteiger partial charge in [0.2, 0.25) is 6.79 Å². The number of nitrogens with zero attached hydrogens (tertiary/aromatic N) is 4. The molecule has 1 amide bonds. The summed E-state index contributed by atoms with van der Waals surface area (Å²) in [6.07, 6.45) is 0. The van der Waals surface area contributed by atoms with Gasteiger partial charge in [0.15, 0.2) is 16.6 Å². The topological polar surface area (TPSA) is 98.0 Å². The highest BCUT2D eigenvalue weighted by Gasteiger charge is 2.25. The van der Waals surface area contributed by atoms with Gasteiger partial charge in [-0.1, -0.05) is 25.2 Å². The predicted molar refractivity (Wildman–Crippen MR) is 134 cm³/mol. The molecule has 0 N–H and O–H groups in total. The Bertz CT molecular complexity index is 1350. The molecule has 0 unspecified atom stereocenters. The maximum Gasteiger partial charge on any atom is 0.270 e. The summed E-state index contributed by atoms with van der Waals surface area (Å²) in [7, 11) is 0. The smallest absolute Gasteiger partial charge is 0.270 e. The van der Waals surface area contributed by atoms with Crippen LogP contribution < -0.4 is 14.4 Å². The summed E-state index contributed by atoms with van der Waals surface area (Å²) < 4.78 is 12.7. The average molecular weight is 499 g/mol. The van der Waals surface area contributed by atoms with Gasteiger partial charge in [-0.15, -0.1) is 11.3 Å². The van der Waals surface area contributed by atoms with Crippen LogP contribution in [0, 0.1) is 10.1 Å². The van der Waals surface area contributed by atoms with Gasteiger partial charge < -0.3 is 14.4 Å². The summed E-state index contributed by atoms with van der Waals surface area (Å²) in [6.45, 7) is 7.31. The molecule has 11 heteroatoms. The van der Waals surface area contributed by atoms with E-state index in [2.05, 4.69) is 18.7 Å². The van der Waals surface area contributed by atoms with E-state index in [0.717, 1.165) is 28.0 Å². The molecular weight excluding hydrogens is 476 g/mol. The van der Waals surface area contributed by atoms with Crippen molar-refractivity contribution in [2.75, 3.05) is 37.9 Å². The fraction of sp³-hybridized carbons (Fsp3) is 0.304. The molecule has 0 atom stereocenters. The second-order valence-electron chi connectivity index (χ2n) is 7.74. The lowest BCUT2D eigenvalue weighted by atomic mass is 10.2. The van der Waals surface area contributed by atoms with Crippen molar-refractivity contribution in [2.45, 2.75) is 13.8 Å². The second-order valence-corrected chi connectivity index (χ2v) is 9.84. The number of rotatable bonds is 8. The Kier molecular flexibility index (Phi) is 6.07. The molecular formula is C23H22N4O5S2. The van der Waals surface area contributed by atoms with Crippen LogP contribution in [0.5, 0.6) is 11.5 Å². The van der Waals surface area contributed by atoms with Gasteiger partial charge in [-0.2, -0.15) is 0 Å². The van der Waals surface area contributed by atoms with Crippen molar-refractivity contribution in [1.82, 2.24) is 9.88 Å². The molecule has 3 heterocycles. The largest absolute Gasteiger partial charge is 0.454 e. The molecule has 0 saturated heterocycles. The Morgan fingerprint density at radius 3 is 2.56 bits per heavy atom. The third kappa shape index (κ3) is 4.17. The molecule has 0 spiro atoms. The van der Waals surface area contributed by atoms with E-state index in [1.165, 1.54) is 34.8 Å². The first-order valence-corrected chi connectivity index (χ1v) is 12.5. The summed E-state index contributed by atoms with van der Waals surface area (Å²) in [5, 5.41) is 12.4. The number of hydrogen-bond donors (Lipinski definition) is 0. The van der Waals surface area contributed by atoms with Crippen LogP contribution >= 0.6 is 22.7 Å². The molecule has 9 nitrogen and oxygen atoms in total. The zero-order valence-electron chi connectivity index (χ0n) is 18.6. The van der Waals surface area contributed by atoms with Crippen molar-refractivity contribution in [3.63, 3.8) is 0 Å². The van der Waals surface area contributed by atoms with Gasteiger partial charge in [0.1, 0.15) is 0 Å². The van der Waals surface area contributed by atoms with Gasteiger partial charge in [-0.25, -0.2) is 4.98 Å². The molecule has 4 aromatic rings. The van der Waals surface area contributed by atoms with E-state index in [-0.39, 0.29) is 18.4 Å². The van der Waals surface area contributed by atoms with Crippen LogP contribution in [0.15, 0.2) is 36.4 Å². The van der Waals surface area contributed by atoms with Gasteiger partial charge in [0.05, 0.1) is 20.0 Å². The maximum atomic E-state index is 13.7. The van der Waals surface area contributed by atoms with Gasteiger partial charge in [0, 0.05) is 47.4 Å². The van der Waals surface area contributed by atoms with Crippen LogP contribution in [0.2, 0.25) is 0 Å². The SMILES string of the molecule is CCN(CC)CCN(C(=O)c1cc2cc([N+](=O)[O-])ccc2s1)c1nc2cc3c(cc2s1)OCO3.